The summed E-state index contributed by atoms with van der Waals surface area (Å²) in [5.74, 6) is 0.539. The van der Waals surface area contributed by atoms with E-state index in [-0.39, 0.29) is 35.5 Å². The molecule has 4 fully saturated rings. The molecule has 5 aliphatic heterocycles. The quantitative estimate of drug-likeness (QED) is 0.191. The molecule has 1 spiro atoms. The van der Waals surface area contributed by atoms with E-state index in [4.69, 9.17) is 4.74 Å². The Labute approximate surface area is 319 Å². The molecular formula is C46H52N4O4. The molecule has 0 saturated carbocycles. The van der Waals surface area contributed by atoms with Crippen LogP contribution < -0.4 is 15.1 Å². The number of carbonyl (C=O) groups is 2. The summed E-state index contributed by atoms with van der Waals surface area (Å²) < 4.78 is 6.47. The molecule has 0 unspecified atom stereocenters. The minimum Gasteiger partial charge on any atom is -0.508 e. The summed E-state index contributed by atoms with van der Waals surface area (Å²) in [6, 6.07) is 33.9. The van der Waals surface area contributed by atoms with Gasteiger partial charge in [0.1, 0.15) is 5.75 Å². The van der Waals surface area contributed by atoms with Crippen LogP contribution >= 0.6 is 0 Å². The van der Waals surface area contributed by atoms with Gasteiger partial charge in [0.15, 0.2) is 0 Å². The highest BCUT2D eigenvalue weighted by Gasteiger charge is 2.41. The van der Waals surface area contributed by atoms with Crippen LogP contribution in [0.25, 0.3) is 0 Å². The number of imide groups is 1. The number of likely N-dealkylation sites (tertiary alicyclic amines) is 1. The number of anilines is 2. The second kappa shape index (κ2) is 14.9. The lowest BCUT2D eigenvalue weighted by atomic mass is 9.77. The number of ether oxygens (including phenoxy) is 1. The molecule has 4 saturated heterocycles. The van der Waals surface area contributed by atoms with E-state index in [0.717, 1.165) is 43.2 Å². The minimum atomic E-state index is -0.224. The zero-order chi connectivity index (χ0) is 36.6. The summed E-state index contributed by atoms with van der Waals surface area (Å²) in [6.07, 6.45) is 7.18. The van der Waals surface area contributed by atoms with Crippen LogP contribution in [0.4, 0.5) is 11.4 Å². The number of nitrogens with one attached hydrogen (secondary N) is 1. The number of hydrogen-bond acceptors (Lipinski definition) is 7. The van der Waals surface area contributed by atoms with Gasteiger partial charge >= 0.3 is 0 Å². The van der Waals surface area contributed by atoms with Gasteiger partial charge in [-0.05, 0) is 121 Å². The summed E-state index contributed by atoms with van der Waals surface area (Å²) >= 11 is 0. The van der Waals surface area contributed by atoms with Crippen molar-refractivity contribution in [2.24, 2.45) is 11.3 Å². The van der Waals surface area contributed by atoms with Crippen LogP contribution in [0.1, 0.15) is 90.7 Å². The number of nitrogens with zero attached hydrogens (tertiary/aromatic N) is 3. The first-order chi connectivity index (χ1) is 26.4. The third-order valence-corrected chi connectivity index (χ3v) is 13.3. The molecule has 5 heterocycles. The van der Waals surface area contributed by atoms with E-state index in [2.05, 4.69) is 98.9 Å². The molecule has 2 N–H and O–H groups in total. The SMILES string of the molecule is O=C1CC[C@@H](c2ccc(N3CCC4(CCN(CC5CCN(c6ccc([C@@H]7c8ccc(O)cc8CO[C@@H]7c7ccccc7)cc6)CC5)C4)CC3)cc2)C(=O)N1. The van der Waals surface area contributed by atoms with E-state index in [1.54, 1.807) is 6.07 Å². The standard InChI is InChI=1S/C46H52N4O4/c51-39-14-15-40-36(28-39)30-54-44(35-4-2-1-3-5-35)43(40)34-8-12-37(13-9-34)49-23-18-32(19-24-49)29-48-25-20-46(31-48)21-26-50(27-22-46)38-10-6-33(7-11-38)41-16-17-42(52)47-45(41)53/h1-15,28,32,41,43-44,51H,16-27,29-31H2,(H,47,52,53)/t41-,43+,44+/m0/s1. The maximum atomic E-state index is 12.3. The molecule has 8 nitrogen and oxygen atoms in total. The zero-order valence-electron chi connectivity index (χ0n) is 31.2. The maximum Gasteiger partial charge on any atom is 0.234 e. The van der Waals surface area contributed by atoms with Gasteiger partial charge in [-0.25, -0.2) is 0 Å². The molecule has 2 amide bonds. The van der Waals surface area contributed by atoms with Gasteiger partial charge in [0, 0.05) is 63.0 Å². The highest BCUT2D eigenvalue weighted by atomic mass is 16.5. The number of phenolic OH excluding ortho intramolecular Hbond substituents is 1. The lowest BCUT2D eigenvalue weighted by Gasteiger charge is -2.41. The first-order valence-corrected chi connectivity index (χ1v) is 20.1. The van der Waals surface area contributed by atoms with E-state index >= 15 is 0 Å². The van der Waals surface area contributed by atoms with Crippen molar-refractivity contribution in [2.75, 3.05) is 55.6 Å². The number of piperidine rings is 3. The van der Waals surface area contributed by atoms with Gasteiger partial charge in [-0.2, -0.15) is 0 Å². The van der Waals surface area contributed by atoms with Gasteiger partial charge in [0.05, 0.1) is 18.6 Å². The van der Waals surface area contributed by atoms with E-state index in [1.807, 2.05) is 12.1 Å². The van der Waals surface area contributed by atoms with Crippen molar-refractivity contribution in [3.63, 3.8) is 0 Å². The Morgan fingerprint density at radius 1 is 0.722 bits per heavy atom. The molecule has 9 rings (SSSR count). The Morgan fingerprint density at radius 2 is 1.39 bits per heavy atom. The Balaban J connectivity index is 0.768. The van der Waals surface area contributed by atoms with Crippen molar-refractivity contribution in [3.8, 4) is 5.75 Å². The number of fused-ring (bicyclic) bond motifs is 1. The summed E-state index contributed by atoms with van der Waals surface area (Å²) in [7, 11) is 0. The van der Waals surface area contributed by atoms with Crippen LogP contribution in [-0.2, 0) is 20.9 Å². The molecule has 0 aliphatic carbocycles. The molecule has 8 heteroatoms. The van der Waals surface area contributed by atoms with Crippen molar-refractivity contribution < 1.29 is 19.4 Å². The van der Waals surface area contributed by atoms with Crippen LogP contribution in [0.5, 0.6) is 5.75 Å². The molecular weight excluding hydrogens is 673 g/mol. The van der Waals surface area contributed by atoms with Gasteiger partial charge < -0.3 is 24.5 Å². The maximum absolute atomic E-state index is 12.3. The van der Waals surface area contributed by atoms with Gasteiger partial charge in [0.25, 0.3) is 0 Å². The molecule has 4 aromatic carbocycles. The number of rotatable bonds is 7. The second-order valence-electron chi connectivity index (χ2n) is 16.6. The topological polar surface area (TPSA) is 85.4 Å². The highest BCUT2D eigenvalue weighted by molar-refractivity contribution is 6.00. The average Bonchev–Trinajstić information content (AvgIpc) is 3.59. The lowest BCUT2D eigenvalue weighted by molar-refractivity contribution is -0.134. The summed E-state index contributed by atoms with van der Waals surface area (Å²) in [5.41, 5.74) is 8.69. The Hall–Kier alpha value is -4.66. The smallest absolute Gasteiger partial charge is 0.234 e. The molecule has 3 atom stereocenters. The van der Waals surface area contributed by atoms with Gasteiger partial charge in [-0.3, -0.25) is 14.9 Å². The fourth-order valence-corrected chi connectivity index (χ4v) is 10.1. The third-order valence-electron chi connectivity index (χ3n) is 13.3. The van der Waals surface area contributed by atoms with Crippen molar-refractivity contribution in [1.29, 1.82) is 0 Å². The van der Waals surface area contributed by atoms with E-state index in [9.17, 15) is 14.7 Å². The van der Waals surface area contributed by atoms with E-state index in [1.165, 1.54) is 79.8 Å². The molecule has 0 aromatic heterocycles. The van der Waals surface area contributed by atoms with Crippen LogP contribution in [0.3, 0.4) is 0 Å². The average molecular weight is 725 g/mol. The Bertz CT molecular complexity index is 1950. The Kier molecular flexibility index (Phi) is 9.66. The highest BCUT2D eigenvalue weighted by Crippen LogP contribution is 2.46. The normalized spacial score (nSPS) is 24.8. The Morgan fingerprint density at radius 3 is 2.09 bits per heavy atom. The monoisotopic (exact) mass is 724 g/mol. The molecule has 0 bridgehead atoms. The largest absolute Gasteiger partial charge is 0.508 e. The predicted octanol–water partition coefficient (Wildman–Crippen LogP) is 7.52. The fraction of sp³-hybridized carbons (Fsp3) is 0.435. The van der Waals surface area contributed by atoms with Gasteiger partial charge in [-0.1, -0.05) is 60.7 Å². The summed E-state index contributed by atoms with van der Waals surface area (Å²) in [5, 5.41) is 12.7. The van der Waals surface area contributed by atoms with Crippen molar-refractivity contribution >= 4 is 23.2 Å². The number of benzene rings is 4. The number of amides is 2. The van der Waals surface area contributed by atoms with Crippen LogP contribution in [0.15, 0.2) is 97.1 Å². The van der Waals surface area contributed by atoms with Gasteiger partial charge in [-0.15, -0.1) is 0 Å². The summed E-state index contributed by atoms with van der Waals surface area (Å²) in [4.78, 5) is 31.8. The molecule has 0 radical (unpaired) electrons. The number of hydrogen-bond donors (Lipinski definition) is 2. The minimum absolute atomic E-state index is 0.0611. The first-order valence-electron chi connectivity index (χ1n) is 20.1. The van der Waals surface area contributed by atoms with Crippen molar-refractivity contribution in [2.45, 2.75) is 69.5 Å². The molecule has 54 heavy (non-hydrogen) atoms. The first kappa shape index (κ1) is 35.1. The van der Waals surface area contributed by atoms with E-state index < -0.39 is 0 Å². The fourth-order valence-electron chi connectivity index (χ4n) is 10.1. The predicted molar refractivity (Wildman–Crippen MR) is 212 cm³/mol. The van der Waals surface area contributed by atoms with Crippen LogP contribution in [-0.4, -0.2) is 67.6 Å². The third kappa shape index (κ3) is 7.14. The van der Waals surface area contributed by atoms with Crippen molar-refractivity contribution in [1.82, 2.24) is 10.2 Å². The molecule has 280 valence electrons. The van der Waals surface area contributed by atoms with Crippen molar-refractivity contribution in [3.05, 3.63) is 125 Å². The second-order valence-corrected chi connectivity index (χ2v) is 16.6. The number of carbonyl (C=O) groups excluding carboxylic acids is 2. The zero-order valence-corrected chi connectivity index (χ0v) is 31.2. The van der Waals surface area contributed by atoms with Crippen LogP contribution in [0, 0.1) is 11.3 Å². The molecule has 5 aliphatic rings. The summed E-state index contributed by atoms with van der Waals surface area (Å²) in [6.45, 7) is 8.53. The molecule has 4 aromatic rings. The van der Waals surface area contributed by atoms with Crippen LogP contribution in [0.2, 0.25) is 0 Å². The lowest BCUT2D eigenvalue weighted by Crippen LogP contribution is -2.43. The number of aromatic hydroxyl groups is 1. The van der Waals surface area contributed by atoms with Gasteiger partial charge in [0.2, 0.25) is 11.8 Å². The number of phenols is 1. The van der Waals surface area contributed by atoms with E-state index in [0.29, 0.717) is 24.9 Å².